The molecule has 1 aromatic heterocycles. The Balaban J connectivity index is 0.00000180. The summed E-state index contributed by atoms with van der Waals surface area (Å²) >= 11 is 0. The summed E-state index contributed by atoms with van der Waals surface area (Å²) in [6.45, 7) is 0.674. The summed E-state index contributed by atoms with van der Waals surface area (Å²) in [6.07, 6.45) is 3.32. The maximum absolute atomic E-state index is 10.3. The van der Waals surface area contributed by atoms with Gasteiger partial charge in [0.2, 0.25) is 0 Å². The van der Waals surface area contributed by atoms with E-state index in [9.17, 15) is 9.90 Å². The smallest absolute Gasteiger partial charge is 0.550 e. The fraction of sp³-hybridized carbons (Fsp3) is 0.308. The summed E-state index contributed by atoms with van der Waals surface area (Å²) in [5, 5.41) is 18.4. The first-order valence-electron chi connectivity index (χ1n) is 5.91. The second-order valence-corrected chi connectivity index (χ2v) is 4.06. The molecule has 1 heterocycles. The molecule has 0 N–H and O–H groups in total. The number of nitrogens with zero attached hydrogens (tertiary/aromatic N) is 3. The molecule has 0 saturated heterocycles. The molecule has 19 heavy (non-hydrogen) atoms. The number of rotatable bonds is 6. The predicted octanol–water partition coefficient (Wildman–Crippen LogP) is -2.13. The molecule has 0 aliphatic carbocycles. The zero-order chi connectivity index (χ0) is 12.8. The number of benzene rings is 1. The number of aromatic nitrogens is 3. The van der Waals surface area contributed by atoms with Crippen molar-refractivity contribution < 1.29 is 39.5 Å². The first-order valence-corrected chi connectivity index (χ1v) is 5.91. The van der Waals surface area contributed by atoms with E-state index in [0.717, 1.165) is 17.7 Å². The molecule has 94 valence electrons. The van der Waals surface area contributed by atoms with Gasteiger partial charge in [-0.3, -0.25) is 4.68 Å². The van der Waals surface area contributed by atoms with Crippen molar-refractivity contribution in [2.75, 3.05) is 0 Å². The summed E-state index contributed by atoms with van der Waals surface area (Å²) in [5.41, 5.74) is 1.86. The minimum Gasteiger partial charge on any atom is -0.550 e. The van der Waals surface area contributed by atoms with Gasteiger partial charge in [-0.25, -0.2) is 0 Å². The molecule has 0 unspecified atom stereocenters. The molecule has 2 rings (SSSR count). The van der Waals surface area contributed by atoms with Gasteiger partial charge in [0.1, 0.15) is 5.69 Å². The standard InChI is InChI=1S/C13H15N3O2.Na/c17-13(18)8-4-5-9-16-10-12(14-15-16)11-6-2-1-3-7-11;/h1-3,6-7,10H,4-5,8-9H2,(H,17,18);/q;+1/p-1. The van der Waals surface area contributed by atoms with Gasteiger partial charge in [-0.2, -0.15) is 0 Å². The van der Waals surface area contributed by atoms with E-state index in [1.165, 1.54) is 0 Å². The van der Waals surface area contributed by atoms with E-state index in [4.69, 9.17) is 0 Å². The number of hydrogen-bond donors (Lipinski definition) is 0. The average Bonchev–Trinajstić information content (AvgIpc) is 2.84. The molecule has 0 fully saturated rings. The maximum atomic E-state index is 10.3. The minimum absolute atomic E-state index is 0. The topological polar surface area (TPSA) is 70.8 Å². The van der Waals surface area contributed by atoms with Crippen molar-refractivity contribution >= 4 is 5.97 Å². The van der Waals surface area contributed by atoms with Crippen LogP contribution in [0.1, 0.15) is 19.3 Å². The molecule has 6 heteroatoms. The molecule has 0 atom stereocenters. The van der Waals surface area contributed by atoms with Crippen LogP contribution < -0.4 is 34.7 Å². The number of aliphatic carboxylic acids is 1. The van der Waals surface area contributed by atoms with Crippen LogP contribution in [0, 0.1) is 0 Å². The second kappa shape index (κ2) is 8.09. The van der Waals surface area contributed by atoms with Crippen molar-refractivity contribution in [2.45, 2.75) is 25.8 Å². The summed E-state index contributed by atoms with van der Waals surface area (Å²) < 4.78 is 1.73. The van der Waals surface area contributed by atoms with E-state index in [0.29, 0.717) is 13.0 Å². The first-order chi connectivity index (χ1) is 8.75. The van der Waals surface area contributed by atoms with Crippen molar-refractivity contribution in [2.24, 2.45) is 0 Å². The quantitative estimate of drug-likeness (QED) is 0.443. The Bertz CT molecular complexity index is 514. The molecular weight excluding hydrogens is 253 g/mol. The second-order valence-electron chi connectivity index (χ2n) is 4.06. The zero-order valence-electron chi connectivity index (χ0n) is 11.0. The van der Waals surface area contributed by atoms with E-state index in [-0.39, 0.29) is 36.0 Å². The van der Waals surface area contributed by atoms with Crippen molar-refractivity contribution in [1.82, 2.24) is 15.0 Å². The van der Waals surface area contributed by atoms with E-state index < -0.39 is 5.97 Å². The van der Waals surface area contributed by atoms with E-state index in [1.807, 2.05) is 36.5 Å². The van der Waals surface area contributed by atoms with Crippen LogP contribution >= 0.6 is 0 Å². The van der Waals surface area contributed by atoms with Gasteiger partial charge in [0.25, 0.3) is 0 Å². The number of carboxylic acid groups (broad SMARTS) is 1. The Hall–Kier alpha value is -1.17. The van der Waals surface area contributed by atoms with Crippen LogP contribution in [0.25, 0.3) is 11.3 Å². The van der Waals surface area contributed by atoms with Crippen LogP contribution in [0.2, 0.25) is 0 Å². The Morgan fingerprint density at radius 2 is 1.95 bits per heavy atom. The van der Waals surface area contributed by atoms with Crippen LogP contribution in [0.15, 0.2) is 36.5 Å². The zero-order valence-corrected chi connectivity index (χ0v) is 13.0. The SMILES string of the molecule is O=C([O-])CCCCn1cc(-c2ccccc2)nn1.[Na+]. The van der Waals surface area contributed by atoms with Gasteiger partial charge in [-0.15, -0.1) is 5.10 Å². The largest absolute Gasteiger partial charge is 1.00 e. The molecule has 0 saturated carbocycles. The molecule has 0 radical (unpaired) electrons. The maximum Gasteiger partial charge on any atom is 1.00 e. The van der Waals surface area contributed by atoms with Gasteiger partial charge in [0, 0.05) is 18.1 Å². The number of carbonyl (C=O) groups is 1. The van der Waals surface area contributed by atoms with Crippen LogP contribution in [0.4, 0.5) is 0 Å². The van der Waals surface area contributed by atoms with Crippen molar-refractivity contribution in [3.05, 3.63) is 36.5 Å². The third-order valence-electron chi connectivity index (χ3n) is 2.63. The Morgan fingerprint density at radius 1 is 1.21 bits per heavy atom. The summed E-state index contributed by atoms with van der Waals surface area (Å²) in [6, 6.07) is 9.81. The Morgan fingerprint density at radius 3 is 2.63 bits per heavy atom. The van der Waals surface area contributed by atoms with Gasteiger partial charge in [0.05, 0.1) is 6.20 Å². The Kier molecular flexibility index (Phi) is 6.77. The molecule has 0 amide bonds. The normalized spacial score (nSPS) is 9.89. The summed E-state index contributed by atoms with van der Waals surface area (Å²) in [4.78, 5) is 10.3. The molecule has 0 aliphatic heterocycles. The van der Waals surface area contributed by atoms with E-state index >= 15 is 0 Å². The molecule has 0 bridgehead atoms. The minimum atomic E-state index is -1.00. The van der Waals surface area contributed by atoms with Crippen LogP contribution in [-0.4, -0.2) is 21.0 Å². The van der Waals surface area contributed by atoms with Crippen molar-refractivity contribution in [3.8, 4) is 11.3 Å². The number of unbranched alkanes of at least 4 members (excludes halogenated alkanes) is 1. The molecule has 2 aromatic rings. The Labute approximate surface area is 133 Å². The van der Waals surface area contributed by atoms with Crippen LogP contribution in [0.3, 0.4) is 0 Å². The molecule has 0 spiro atoms. The van der Waals surface area contributed by atoms with E-state index in [1.54, 1.807) is 4.68 Å². The third-order valence-corrected chi connectivity index (χ3v) is 2.63. The fourth-order valence-electron chi connectivity index (χ4n) is 1.69. The molecule has 5 nitrogen and oxygen atoms in total. The van der Waals surface area contributed by atoms with Crippen molar-refractivity contribution in [3.63, 3.8) is 0 Å². The van der Waals surface area contributed by atoms with Crippen LogP contribution in [0.5, 0.6) is 0 Å². The fourth-order valence-corrected chi connectivity index (χ4v) is 1.69. The van der Waals surface area contributed by atoms with Gasteiger partial charge in [-0.1, -0.05) is 35.5 Å². The summed E-state index contributed by atoms with van der Waals surface area (Å²) in [7, 11) is 0. The number of aryl methyl sites for hydroxylation is 1. The molecule has 1 aromatic carbocycles. The first kappa shape index (κ1) is 15.9. The van der Waals surface area contributed by atoms with Gasteiger partial charge in [-0.05, 0) is 19.3 Å². The van der Waals surface area contributed by atoms with Gasteiger partial charge >= 0.3 is 29.6 Å². The van der Waals surface area contributed by atoms with Crippen molar-refractivity contribution in [1.29, 1.82) is 0 Å². The van der Waals surface area contributed by atoms with E-state index in [2.05, 4.69) is 10.3 Å². The summed E-state index contributed by atoms with van der Waals surface area (Å²) in [5.74, 6) is -1.00. The monoisotopic (exact) mass is 267 g/mol. The van der Waals surface area contributed by atoms with Gasteiger partial charge < -0.3 is 9.90 Å². The predicted molar refractivity (Wildman–Crippen MR) is 64.3 cm³/mol. The number of hydrogen-bond acceptors (Lipinski definition) is 4. The van der Waals surface area contributed by atoms with Gasteiger partial charge in [0.15, 0.2) is 0 Å². The average molecular weight is 267 g/mol. The number of carbonyl (C=O) groups excluding carboxylic acids is 1. The van der Waals surface area contributed by atoms with Crippen LogP contribution in [-0.2, 0) is 11.3 Å². The number of carboxylic acids is 1. The molecular formula is C13H14N3NaO2. The molecule has 0 aliphatic rings. The third kappa shape index (κ3) is 5.14.